The van der Waals surface area contributed by atoms with Gasteiger partial charge in [0.05, 0.1) is 14.8 Å². The maximum absolute atomic E-state index is 13.7. The molecule has 0 aliphatic rings. The van der Waals surface area contributed by atoms with E-state index in [1.807, 2.05) is 38.4 Å². The summed E-state index contributed by atoms with van der Waals surface area (Å²) in [6, 6.07) is 9.82. The molecule has 122 valence electrons. The largest absolute Gasteiger partial charge is 0.309 e. The molecule has 0 aromatic heterocycles. The van der Waals surface area contributed by atoms with Crippen LogP contribution in [-0.4, -0.2) is 30.5 Å². The normalized spacial score (nSPS) is 11.0. The van der Waals surface area contributed by atoms with Gasteiger partial charge in [-0.15, -0.1) is 0 Å². The van der Waals surface area contributed by atoms with E-state index in [1.54, 1.807) is 0 Å². The number of hydrogen-bond acceptors (Lipinski definition) is 4. The number of nitro groups is 1. The number of nitro benzene ring substituents is 1. The minimum absolute atomic E-state index is 0.191. The van der Waals surface area contributed by atoms with Crippen LogP contribution < -0.4 is 0 Å². The molecule has 4 nitrogen and oxygen atoms in total. The molecule has 0 saturated heterocycles. The maximum Gasteiger partial charge on any atom is 0.284 e. The lowest BCUT2D eigenvalue weighted by Crippen LogP contribution is -2.15. The van der Waals surface area contributed by atoms with Crippen LogP contribution in [0.3, 0.4) is 0 Å². The van der Waals surface area contributed by atoms with Crippen LogP contribution >= 0.6 is 23.4 Å². The van der Waals surface area contributed by atoms with E-state index < -0.39 is 10.7 Å². The van der Waals surface area contributed by atoms with Crippen molar-refractivity contribution in [3.05, 3.63) is 62.9 Å². The molecule has 0 unspecified atom stereocenters. The van der Waals surface area contributed by atoms with Gasteiger partial charge in [0, 0.05) is 17.5 Å². The van der Waals surface area contributed by atoms with Crippen LogP contribution in [0.15, 0.2) is 46.2 Å². The van der Waals surface area contributed by atoms with Gasteiger partial charge in [0.15, 0.2) is 0 Å². The Balaban J connectivity index is 2.36. The van der Waals surface area contributed by atoms with E-state index in [4.69, 9.17) is 11.6 Å². The fourth-order valence-corrected chi connectivity index (χ4v) is 3.26. The zero-order chi connectivity index (χ0) is 17.0. The zero-order valence-electron chi connectivity index (χ0n) is 12.8. The summed E-state index contributed by atoms with van der Waals surface area (Å²) in [7, 11) is 3.96. The Morgan fingerprint density at radius 3 is 2.61 bits per heavy atom. The number of halogens is 2. The maximum atomic E-state index is 13.7. The molecule has 0 aliphatic heterocycles. The predicted octanol–water partition coefficient (Wildman–Crippen LogP) is 4.64. The van der Waals surface area contributed by atoms with E-state index >= 15 is 0 Å². The predicted molar refractivity (Wildman–Crippen MR) is 90.9 cm³/mol. The highest BCUT2D eigenvalue weighted by Gasteiger charge is 2.19. The SMILES string of the molecule is CN(C)CCc1ccccc1Sc1cc(F)c(Cl)cc1[N+](=O)[O-]. The van der Waals surface area contributed by atoms with Crippen molar-refractivity contribution in [1.29, 1.82) is 0 Å². The first-order chi connectivity index (χ1) is 10.9. The molecule has 2 aromatic rings. The minimum atomic E-state index is -0.662. The number of likely N-dealkylation sites (N-methyl/N-ethyl adjacent to an activating group) is 1. The monoisotopic (exact) mass is 354 g/mol. The third-order valence-corrected chi connectivity index (χ3v) is 4.67. The van der Waals surface area contributed by atoms with Crippen molar-refractivity contribution in [2.45, 2.75) is 16.2 Å². The van der Waals surface area contributed by atoms with Crippen LogP contribution in [0.1, 0.15) is 5.56 Å². The smallest absolute Gasteiger partial charge is 0.284 e. The Bertz CT molecular complexity index is 725. The minimum Gasteiger partial charge on any atom is -0.309 e. The Hall–Kier alpha value is -1.63. The quantitative estimate of drug-likeness (QED) is 0.560. The first kappa shape index (κ1) is 17.7. The topological polar surface area (TPSA) is 46.4 Å². The van der Waals surface area contributed by atoms with Gasteiger partial charge >= 0.3 is 0 Å². The average molecular weight is 355 g/mol. The van der Waals surface area contributed by atoms with Crippen molar-refractivity contribution in [3.63, 3.8) is 0 Å². The van der Waals surface area contributed by atoms with Crippen LogP contribution in [0.4, 0.5) is 10.1 Å². The van der Waals surface area contributed by atoms with E-state index in [1.165, 1.54) is 11.8 Å². The Morgan fingerprint density at radius 2 is 1.96 bits per heavy atom. The van der Waals surface area contributed by atoms with Crippen LogP contribution in [0, 0.1) is 15.9 Å². The summed E-state index contributed by atoms with van der Waals surface area (Å²) in [4.78, 5) is 13.8. The molecule has 0 atom stereocenters. The highest BCUT2D eigenvalue weighted by Crippen LogP contribution is 2.39. The fraction of sp³-hybridized carbons (Fsp3) is 0.250. The van der Waals surface area contributed by atoms with E-state index in [0.717, 1.165) is 35.6 Å². The molecule has 0 spiro atoms. The lowest BCUT2D eigenvalue weighted by Gasteiger charge is -2.13. The molecule has 0 radical (unpaired) electrons. The van der Waals surface area contributed by atoms with Crippen molar-refractivity contribution in [1.82, 2.24) is 4.90 Å². The molecule has 0 saturated carbocycles. The molecule has 2 rings (SSSR count). The van der Waals surface area contributed by atoms with Crippen LogP contribution in [0.2, 0.25) is 5.02 Å². The molecule has 0 amide bonds. The standard InChI is InChI=1S/C16H16ClFN2O2S/c1-19(2)8-7-11-5-3-4-6-15(11)23-16-10-13(18)12(17)9-14(16)20(21)22/h3-6,9-10H,7-8H2,1-2H3. The van der Waals surface area contributed by atoms with Gasteiger partial charge < -0.3 is 4.90 Å². The number of benzene rings is 2. The van der Waals surface area contributed by atoms with Crippen LogP contribution in [0.5, 0.6) is 0 Å². The fourth-order valence-electron chi connectivity index (χ4n) is 2.01. The zero-order valence-corrected chi connectivity index (χ0v) is 14.3. The second-order valence-electron chi connectivity index (χ2n) is 5.25. The molecule has 0 heterocycles. The number of nitrogens with zero attached hydrogens (tertiary/aromatic N) is 2. The van der Waals surface area contributed by atoms with E-state index in [0.29, 0.717) is 0 Å². The highest BCUT2D eigenvalue weighted by atomic mass is 35.5. The lowest BCUT2D eigenvalue weighted by molar-refractivity contribution is -0.387. The number of hydrogen-bond donors (Lipinski definition) is 0. The van der Waals surface area contributed by atoms with Gasteiger partial charge in [-0.2, -0.15) is 0 Å². The van der Waals surface area contributed by atoms with Gasteiger partial charge in [0.1, 0.15) is 5.82 Å². The third kappa shape index (κ3) is 4.67. The van der Waals surface area contributed by atoms with E-state index in [-0.39, 0.29) is 15.6 Å². The molecule has 0 bridgehead atoms. The Kier molecular flexibility index (Phi) is 5.98. The summed E-state index contributed by atoms with van der Waals surface area (Å²) in [6.45, 7) is 0.856. The molecule has 23 heavy (non-hydrogen) atoms. The van der Waals surface area contributed by atoms with E-state index in [9.17, 15) is 14.5 Å². The van der Waals surface area contributed by atoms with Gasteiger partial charge in [0.25, 0.3) is 5.69 Å². The second kappa shape index (κ2) is 7.77. The van der Waals surface area contributed by atoms with Crippen molar-refractivity contribution in [3.8, 4) is 0 Å². The molecule has 0 N–H and O–H groups in total. The van der Waals surface area contributed by atoms with Gasteiger partial charge in [0.2, 0.25) is 0 Å². The van der Waals surface area contributed by atoms with Crippen LogP contribution in [0.25, 0.3) is 0 Å². The average Bonchev–Trinajstić information content (AvgIpc) is 2.49. The first-order valence-corrected chi connectivity index (χ1v) is 8.12. The van der Waals surface area contributed by atoms with Crippen molar-refractivity contribution in [2.24, 2.45) is 0 Å². The molecule has 0 aliphatic carbocycles. The summed E-state index contributed by atoms with van der Waals surface area (Å²) in [6.07, 6.45) is 0.806. The van der Waals surface area contributed by atoms with Gasteiger partial charge in [-0.3, -0.25) is 10.1 Å². The van der Waals surface area contributed by atoms with Gasteiger partial charge in [-0.25, -0.2) is 4.39 Å². The molecular formula is C16H16ClFN2O2S. The number of rotatable bonds is 6. The lowest BCUT2D eigenvalue weighted by atomic mass is 10.1. The van der Waals surface area contributed by atoms with Crippen molar-refractivity contribution >= 4 is 29.1 Å². The second-order valence-corrected chi connectivity index (χ2v) is 6.75. The van der Waals surface area contributed by atoms with Gasteiger partial charge in [-0.1, -0.05) is 41.6 Å². The molecule has 2 aromatic carbocycles. The van der Waals surface area contributed by atoms with Crippen LogP contribution in [-0.2, 0) is 6.42 Å². The molecule has 7 heteroatoms. The highest BCUT2D eigenvalue weighted by molar-refractivity contribution is 7.99. The molecule has 0 fully saturated rings. The van der Waals surface area contributed by atoms with E-state index in [2.05, 4.69) is 4.90 Å². The summed E-state index contributed by atoms with van der Waals surface area (Å²) < 4.78 is 13.7. The summed E-state index contributed by atoms with van der Waals surface area (Å²) >= 11 is 6.84. The molecular weight excluding hydrogens is 339 g/mol. The summed E-state index contributed by atoms with van der Waals surface area (Å²) in [5, 5.41) is 10.9. The Labute approximate surface area is 143 Å². The Morgan fingerprint density at radius 1 is 1.26 bits per heavy atom. The first-order valence-electron chi connectivity index (χ1n) is 6.92. The summed E-state index contributed by atoms with van der Waals surface area (Å²) in [5.74, 6) is -0.662. The summed E-state index contributed by atoms with van der Waals surface area (Å²) in [5.41, 5.74) is 0.875. The van der Waals surface area contributed by atoms with Gasteiger partial charge in [-0.05, 0) is 38.2 Å². The van der Waals surface area contributed by atoms with Crippen molar-refractivity contribution < 1.29 is 9.31 Å². The third-order valence-electron chi connectivity index (χ3n) is 3.22. The van der Waals surface area contributed by atoms with Crippen molar-refractivity contribution in [2.75, 3.05) is 20.6 Å².